The zero-order valence-corrected chi connectivity index (χ0v) is 12.4. The van der Waals surface area contributed by atoms with E-state index in [1.54, 1.807) is 0 Å². The van der Waals surface area contributed by atoms with Gasteiger partial charge in [-0.15, -0.1) is 0 Å². The molecule has 0 spiro atoms. The van der Waals surface area contributed by atoms with Crippen molar-refractivity contribution in [2.75, 3.05) is 13.2 Å². The van der Waals surface area contributed by atoms with Crippen LogP contribution in [0.4, 0.5) is 0 Å². The van der Waals surface area contributed by atoms with Crippen LogP contribution in [0, 0.1) is 5.92 Å². The number of ether oxygens (including phenoxy) is 1. The Morgan fingerprint density at radius 3 is 2.58 bits per heavy atom. The lowest BCUT2D eigenvalue weighted by Gasteiger charge is -2.15. The first-order valence-electron chi connectivity index (χ1n) is 7.03. The molecule has 19 heavy (non-hydrogen) atoms. The molecule has 0 aromatic heterocycles. The molecule has 0 aliphatic rings. The average Bonchev–Trinajstić information content (AvgIpc) is 2.42. The van der Waals surface area contributed by atoms with Crippen molar-refractivity contribution in [1.82, 2.24) is 5.32 Å². The van der Waals surface area contributed by atoms with Crippen molar-refractivity contribution in [1.29, 1.82) is 0 Å². The van der Waals surface area contributed by atoms with Crippen molar-refractivity contribution >= 4 is 5.91 Å². The number of nitrogens with one attached hydrogen (secondary N) is 1. The van der Waals surface area contributed by atoms with Crippen LogP contribution in [0.5, 0.6) is 5.75 Å². The molecule has 0 heterocycles. The summed E-state index contributed by atoms with van der Waals surface area (Å²) in [5, 5.41) is 2.85. The van der Waals surface area contributed by atoms with Gasteiger partial charge in [0.05, 0.1) is 0 Å². The molecule has 1 aromatic rings. The van der Waals surface area contributed by atoms with Crippen molar-refractivity contribution < 1.29 is 9.53 Å². The molecule has 0 aliphatic carbocycles. The minimum Gasteiger partial charge on any atom is -0.483 e. The molecule has 1 N–H and O–H groups in total. The number of carbonyl (C=O) groups excluding carboxylic acids is 1. The van der Waals surface area contributed by atoms with Crippen LogP contribution in [-0.2, 0) is 4.79 Å². The third kappa shape index (κ3) is 5.33. The van der Waals surface area contributed by atoms with E-state index in [1.165, 1.54) is 5.56 Å². The van der Waals surface area contributed by atoms with E-state index < -0.39 is 0 Å². The minimum absolute atomic E-state index is 0.0624. The standard InChI is InChI=1S/C16H25NO2/c1-5-13(4)14-8-6-7-9-15(14)19-11-16(18)17-10-12(2)3/h6-9,12-13H,5,10-11H2,1-4H3,(H,17,18). The average molecular weight is 263 g/mol. The van der Waals surface area contributed by atoms with E-state index in [0.717, 1.165) is 12.2 Å². The van der Waals surface area contributed by atoms with Gasteiger partial charge in [-0.05, 0) is 29.9 Å². The Balaban J connectivity index is 2.55. The largest absolute Gasteiger partial charge is 0.483 e. The van der Waals surface area contributed by atoms with E-state index in [4.69, 9.17) is 4.74 Å². The number of hydrogen-bond donors (Lipinski definition) is 1. The summed E-state index contributed by atoms with van der Waals surface area (Å²) >= 11 is 0. The third-order valence-electron chi connectivity index (χ3n) is 3.13. The van der Waals surface area contributed by atoms with Gasteiger partial charge in [0.15, 0.2) is 6.61 Å². The smallest absolute Gasteiger partial charge is 0.257 e. The fourth-order valence-corrected chi connectivity index (χ4v) is 1.75. The van der Waals surface area contributed by atoms with E-state index in [2.05, 4.69) is 39.1 Å². The van der Waals surface area contributed by atoms with Crippen molar-refractivity contribution in [3.8, 4) is 5.75 Å². The van der Waals surface area contributed by atoms with Gasteiger partial charge in [0.25, 0.3) is 5.91 Å². The topological polar surface area (TPSA) is 38.3 Å². The van der Waals surface area contributed by atoms with E-state index in [1.807, 2.05) is 18.2 Å². The summed E-state index contributed by atoms with van der Waals surface area (Å²) in [7, 11) is 0. The lowest BCUT2D eigenvalue weighted by molar-refractivity contribution is -0.123. The minimum atomic E-state index is -0.0624. The number of hydrogen-bond acceptors (Lipinski definition) is 2. The summed E-state index contributed by atoms with van der Waals surface area (Å²) in [5.74, 6) is 1.65. The maximum Gasteiger partial charge on any atom is 0.257 e. The molecule has 3 nitrogen and oxygen atoms in total. The molecule has 0 saturated carbocycles. The molecular formula is C16H25NO2. The molecule has 0 aliphatic heterocycles. The van der Waals surface area contributed by atoms with Crippen LogP contribution in [0.25, 0.3) is 0 Å². The van der Waals surface area contributed by atoms with Crippen LogP contribution in [0.3, 0.4) is 0 Å². The third-order valence-corrected chi connectivity index (χ3v) is 3.13. The van der Waals surface area contributed by atoms with Crippen LogP contribution in [0.1, 0.15) is 45.6 Å². The second-order valence-corrected chi connectivity index (χ2v) is 5.33. The highest BCUT2D eigenvalue weighted by Crippen LogP contribution is 2.28. The van der Waals surface area contributed by atoms with Gasteiger partial charge < -0.3 is 10.1 Å². The molecule has 0 bridgehead atoms. The molecular weight excluding hydrogens is 238 g/mol. The maximum atomic E-state index is 11.6. The Morgan fingerprint density at radius 2 is 1.95 bits per heavy atom. The molecule has 1 amide bonds. The molecule has 0 saturated heterocycles. The normalized spacial score (nSPS) is 12.3. The van der Waals surface area contributed by atoms with Gasteiger partial charge in [-0.3, -0.25) is 4.79 Å². The summed E-state index contributed by atoms with van der Waals surface area (Å²) in [5.41, 5.74) is 1.17. The monoisotopic (exact) mass is 263 g/mol. The fraction of sp³-hybridized carbons (Fsp3) is 0.562. The second-order valence-electron chi connectivity index (χ2n) is 5.33. The predicted molar refractivity (Wildman–Crippen MR) is 78.5 cm³/mol. The van der Waals surface area contributed by atoms with Crippen LogP contribution in [-0.4, -0.2) is 19.1 Å². The van der Waals surface area contributed by atoms with E-state index in [9.17, 15) is 4.79 Å². The Kier molecular flexibility index (Phi) is 6.40. The van der Waals surface area contributed by atoms with Crippen LogP contribution in [0.2, 0.25) is 0 Å². The summed E-state index contributed by atoms with van der Waals surface area (Å²) in [6, 6.07) is 7.94. The molecule has 1 atom stereocenters. The van der Waals surface area contributed by atoms with Gasteiger partial charge in [-0.1, -0.05) is 45.9 Å². The predicted octanol–water partition coefficient (Wildman–Crippen LogP) is 3.35. The first-order valence-corrected chi connectivity index (χ1v) is 7.03. The number of carbonyl (C=O) groups is 1. The van der Waals surface area contributed by atoms with E-state index >= 15 is 0 Å². The van der Waals surface area contributed by atoms with Gasteiger partial charge in [0, 0.05) is 6.54 Å². The Labute approximate surface area is 116 Å². The van der Waals surface area contributed by atoms with Gasteiger partial charge in [-0.2, -0.15) is 0 Å². The maximum absolute atomic E-state index is 11.6. The first-order chi connectivity index (χ1) is 9.04. The van der Waals surface area contributed by atoms with E-state index in [-0.39, 0.29) is 12.5 Å². The van der Waals surface area contributed by atoms with E-state index in [0.29, 0.717) is 18.4 Å². The molecule has 1 rings (SSSR count). The van der Waals surface area contributed by atoms with Crippen molar-refractivity contribution in [3.05, 3.63) is 29.8 Å². The second kappa shape index (κ2) is 7.82. The summed E-state index contributed by atoms with van der Waals surface area (Å²) in [4.78, 5) is 11.6. The Morgan fingerprint density at radius 1 is 1.26 bits per heavy atom. The Hall–Kier alpha value is -1.51. The number of rotatable bonds is 7. The fourth-order valence-electron chi connectivity index (χ4n) is 1.75. The van der Waals surface area contributed by atoms with Crippen molar-refractivity contribution in [3.63, 3.8) is 0 Å². The lowest BCUT2D eigenvalue weighted by Crippen LogP contribution is -2.31. The molecule has 106 valence electrons. The van der Waals surface area contributed by atoms with Crippen molar-refractivity contribution in [2.45, 2.75) is 40.0 Å². The Bertz CT molecular complexity index is 401. The summed E-state index contributed by atoms with van der Waals surface area (Å²) < 4.78 is 5.64. The number of benzene rings is 1. The first kappa shape index (κ1) is 15.5. The zero-order valence-electron chi connectivity index (χ0n) is 12.4. The van der Waals surface area contributed by atoms with Gasteiger partial charge >= 0.3 is 0 Å². The quantitative estimate of drug-likeness (QED) is 0.819. The van der Waals surface area contributed by atoms with Gasteiger partial charge in [0.1, 0.15) is 5.75 Å². The molecule has 1 unspecified atom stereocenters. The summed E-state index contributed by atoms with van der Waals surface area (Å²) in [6.07, 6.45) is 1.06. The summed E-state index contributed by atoms with van der Waals surface area (Å²) in [6.45, 7) is 9.23. The lowest BCUT2D eigenvalue weighted by atomic mass is 9.98. The highest BCUT2D eigenvalue weighted by atomic mass is 16.5. The molecule has 3 heteroatoms. The molecule has 0 radical (unpaired) electrons. The molecule has 0 fully saturated rings. The molecule has 1 aromatic carbocycles. The number of amides is 1. The van der Waals surface area contributed by atoms with Crippen LogP contribution >= 0.6 is 0 Å². The highest BCUT2D eigenvalue weighted by molar-refractivity contribution is 5.77. The van der Waals surface area contributed by atoms with Crippen LogP contribution in [0.15, 0.2) is 24.3 Å². The zero-order chi connectivity index (χ0) is 14.3. The van der Waals surface area contributed by atoms with Gasteiger partial charge in [0.2, 0.25) is 0 Å². The van der Waals surface area contributed by atoms with Gasteiger partial charge in [-0.25, -0.2) is 0 Å². The number of para-hydroxylation sites is 1. The van der Waals surface area contributed by atoms with Crippen molar-refractivity contribution in [2.24, 2.45) is 5.92 Å². The van der Waals surface area contributed by atoms with Crippen LogP contribution < -0.4 is 10.1 Å². The highest BCUT2D eigenvalue weighted by Gasteiger charge is 2.11. The SMILES string of the molecule is CCC(C)c1ccccc1OCC(=O)NCC(C)C.